The predicted octanol–water partition coefficient (Wildman–Crippen LogP) is -0.323. The molecule has 11 heavy (non-hydrogen) atoms. The summed E-state index contributed by atoms with van der Waals surface area (Å²) in [6, 6.07) is -0.554. The predicted molar refractivity (Wildman–Crippen MR) is 41.4 cm³/mol. The highest BCUT2D eigenvalue weighted by molar-refractivity contribution is 5.73. The topological polar surface area (TPSA) is 69.6 Å². The summed E-state index contributed by atoms with van der Waals surface area (Å²) in [4.78, 5) is 10.5. The fourth-order valence-electron chi connectivity index (χ4n) is 0.828. The number of aliphatic carboxylic acids is 1. The molecule has 0 amide bonds. The smallest absolute Gasteiger partial charge is 0.320 e. The summed E-state index contributed by atoms with van der Waals surface area (Å²) >= 11 is 0. The van der Waals surface area contributed by atoms with Crippen LogP contribution in [0.25, 0.3) is 0 Å². The Balaban J connectivity index is 3.80. The van der Waals surface area contributed by atoms with Gasteiger partial charge >= 0.3 is 5.97 Å². The summed E-state index contributed by atoms with van der Waals surface area (Å²) in [6.07, 6.45) is 0. The lowest BCUT2D eigenvalue weighted by Gasteiger charge is -2.16. The number of hydrogen-bond acceptors (Lipinski definition) is 3. The molecule has 4 heteroatoms. The molecule has 3 N–H and O–H groups in total. The zero-order chi connectivity index (χ0) is 8.85. The van der Waals surface area contributed by atoms with Crippen molar-refractivity contribution in [1.29, 1.82) is 0 Å². The Morgan fingerprint density at radius 1 is 1.55 bits per heavy atom. The van der Waals surface area contributed by atoms with Crippen LogP contribution < -0.4 is 5.32 Å². The van der Waals surface area contributed by atoms with E-state index >= 15 is 0 Å². The van der Waals surface area contributed by atoms with Crippen LogP contribution in [0.1, 0.15) is 13.8 Å². The molecule has 0 aliphatic carbocycles. The normalized spacial score (nSPS) is 13.5. The summed E-state index contributed by atoms with van der Waals surface area (Å²) in [6.45, 7) is 3.94. The molecule has 0 aromatic heterocycles. The summed E-state index contributed by atoms with van der Waals surface area (Å²) in [5.74, 6) is -0.826. The van der Waals surface area contributed by atoms with Crippen molar-refractivity contribution in [3.8, 4) is 0 Å². The lowest BCUT2D eigenvalue weighted by molar-refractivity contribution is -0.140. The SMILES string of the molecule is CC(C)C(NCCO)C(=O)O. The Morgan fingerprint density at radius 3 is 2.36 bits per heavy atom. The van der Waals surface area contributed by atoms with Crippen molar-refractivity contribution >= 4 is 5.97 Å². The van der Waals surface area contributed by atoms with Crippen LogP contribution in [0.4, 0.5) is 0 Å². The highest BCUT2D eigenvalue weighted by atomic mass is 16.4. The minimum atomic E-state index is -0.867. The molecule has 0 spiro atoms. The lowest BCUT2D eigenvalue weighted by Crippen LogP contribution is -2.42. The Kier molecular flexibility index (Phi) is 4.81. The van der Waals surface area contributed by atoms with Crippen LogP contribution in [0, 0.1) is 5.92 Å². The van der Waals surface area contributed by atoms with Gasteiger partial charge < -0.3 is 15.5 Å². The average molecular weight is 161 g/mol. The second kappa shape index (κ2) is 5.09. The summed E-state index contributed by atoms with van der Waals surface area (Å²) in [5.41, 5.74) is 0. The van der Waals surface area contributed by atoms with Crippen molar-refractivity contribution in [2.45, 2.75) is 19.9 Å². The van der Waals surface area contributed by atoms with E-state index in [1.807, 2.05) is 13.8 Å². The van der Waals surface area contributed by atoms with Gasteiger partial charge in [-0.1, -0.05) is 13.8 Å². The maximum Gasteiger partial charge on any atom is 0.320 e. The van der Waals surface area contributed by atoms with Crippen molar-refractivity contribution in [3.63, 3.8) is 0 Å². The Bertz CT molecular complexity index is 125. The molecule has 4 nitrogen and oxygen atoms in total. The van der Waals surface area contributed by atoms with Gasteiger partial charge in [0.1, 0.15) is 6.04 Å². The largest absolute Gasteiger partial charge is 0.480 e. The van der Waals surface area contributed by atoms with Gasteiger partial charge in [-0.05, 0) is 5.92 Å². The highest BCUT2D eigenvalue weighted by Gasteiger charge is 2.19. The number of aliphatic hydroxyl groups excluding tert-OH is 1. The van der Waals surface area contributed by atoms with Crippen molar-refractivity contribution in [1.82, 2.24) is 5.32 Å². The summed E-state index contributed by atoms with van der Waals surface area (Å²) in [7, 11) is 0. The van der Waals surface area contributed by atoms with Crippen molar-refractivity contribution in [3.05, 3.63) is 0 Å². The monoisotopic (exact) mass is 161 g/mol. The lowest BCUT2D eigenvalue weighted by atomic mass is 10.1. The first-order chi connectivity index (χ1) is 5.09. The molecule has 1 atom stereocenters. The molecular formula is C7H15NO3. The molecular weight excluding hydrogens is 146 g/mol. The Labute approximate surface area is 66.2 Å². The van der Waals surface area contributed by atoms with Gasteiger partial charge in [-0.2, -0.15) is 0 Å². The molecule has 0 radical (unpaired) electrons. The van der Waals surface area contributed by atoms with E-state index in [1.54, 1.807) is 0 Å². The average Bonchev–Trinajstić information content (AvgIpc) is 1.87. The molecule has 0 rings (SSSR count). The molecule has 66 valence electrons. The number of nitrogens with one attached hydrogen (secondary N) is 1. The van der Waals surface area contributed by atoms with E-state index in [0.29, 0.717) is 6.54 Å². The minimum Gasteiger partial charge on any atom is -0.480 e. The van der Waals surface area contributed by atoms with Gasteiger partial charge in [0.25, 0.3) is 0 Å². The number of hydrogen-bond donors (Lipinski definition) is 3. The zero-order valence-electron chi connectivity index (χ0n) is 6.87. The van der Waals surface area contributed by atoms with Crippen LogP contribution in [0.15, 0.2) is 0 Å². The molecule has 0 aliphatic heterocycles. The van der Waals surface area contributed by atoms with E-state index in [2.05, 4.69) is 5.32 Å². The molecule has 0 heterocycles. The van der Waals surface area contributed by atoms with E-state index in [9.17, 15) is 4.79 Å². The van der Waals surface area contributed by atoms with Crippen LogP contribution in [0.3, 0.4) is 0 Å². The summed E-state index contributed by atoms with van der Waals surface area (Å²) < 4.78 is 0. The third kappa shape index (κ3) is 3.95. The first kappa shape index (κ1) is 10.4. The number of carboxylic acid groups (broad SMARTS) is 1. The minimum absolute atomic E-state index is 0.0312. The molecule has 0 bridgehead atoms. The summed E-state index contributed by atoms with van der Waals surface area (Å²) in [5, 5.41) is 19.8. The fraction of sp³-hybridized carbons (Fsp3) is 0.857. The molecule has 0 aromatic carbocycles. The van der Waals surface area contributed by atoms with E-state index in [-0.39, 0.29) is 12.5 Å². The van der Waals surface area contributed by atoms with Crippen LogP contribution in [-0.2, 0) is 4.79 Å². The molecule has 0 saturated carbocycles. The van der Waals surface area contributed by atoms with Crippen molar-refractivity contribution in [2.24, 2.45) is 5.92 Å². The van der Waals surface area contributed by atoms with Gasteiger partial charge in [-0.3, -0.25) is 4.79 Å². The quantitative estimate of drug-likeness (QED) is 0.516. The van der Waals surface area contributed by atoms with Crippen molar-refractivity contribution < 1.29 is 15.0 Å². The van der Waals surface area contributed by atoms with Crippen LogP contribution >= 0.6 is 0 Å². The first-order valence-electron chi connectivity index (χ1n) is 3.66. The number of rotatable bonds is 5. The number of carboxylic acids is 1. The Morgan fingerprint density at radius 2 is 2.09 bits per heavy atom. The van der Waals surface area contributed by atoms with Gasteiger partial charge in [0.15, 0.2) is 0 Å². The molecule has 0 aliphatic rings. The highest BCUT2D eigenvalue weighted by Crippen LogP contribution is 2.00. The number of carbonyl (C=O) groups is 1. The van der Waals surface area contributed by atoms with E-state index in [0.717, 1.165) is 0 Å². The maximum absolute atomic E-state index is 10.5. The van der Waals surface area contributed by atoms with Crippen LogP contribution in [0.5, 0.6) is 0 Å². The van der Waals surface area contributed by atoms with Crippen molar-refractivity contribution in [2.75, 3.05) is 13.2 Å². The van der Waals surface area contributed by atoms with E-state index in [4.69, 9.17) is 10.2 Å². The number of aliphatic hydroxyl groups is 1. The standard InChI is InChI=1S/C7H15NO3/c1-5(2)6(7(10)11)8-3-4-9/h5-6,8-9H,3-4H2,1-2H3,(H,10,11). The third-order valence-electron chi connectivity index (χ3n) is 1.41. The van der Waals surface area contributed by atoms with Gasteiger partial charge in [0.2, 0.25) is 0 Å². The van der Waals surface area contributed by atoms with E-state index < -0.39 is 12.0 Å². The first-order valence-corrected chi connectivity index (χ1v) is 3.66. The van der Waals surface area contributed by atoms with Crippen LogP contribution in [-0.4, -0.2) is 35.4 Å². The van der Waals surface area contributed by atoms with Gasteiger partial charge in [0, 0.05) is 6.54 Å². The molecule has 0 aromatic rings. The Hall–Kier alpha value is -0.610. The second-order valence-corrected chi connectivity index (χ2v) is 2.74. The fourth-order valence-corrected chi connectivity index (χ4v) is 0.828. The van der Waals surface area contributed by atoms with Gasteiger partial charge in [0.05, 0.1) is 6.61 Å². The third-order valence-corrected chi connectivity index (χ3v) is 1.41. The van der Waals surface area contributed by atoms with E-state index in [1.165, 1.54) is 0 Å². The van der Waals surface area contributed by atoms with Gasteiger partial charge in [-0.15, -0.1) is 0 Å². The molecule has 1 unspecified atom stereocenters. The van der Waals surface area contributed by atoms with Crippen LogP contribution in [0.2, 0.25) is 0 Å². The molecule has 0 fully saturated rings. The molecule has 0 saturated heterocycles. The second-order valence-electron chi connectivity index (χ2n) is 2.74. The zero-order valence-corrected chi connectivity index (χ0v) is 6.87. The van der Waals surface area contributed by atoms with Gasteiger partial charge in [-0.25, -0.2) is 0 Å². The maximum atomic E-state index is 10.5.